The Labute approximate surface area is 191 Å². The van der Waals surface area contributed by atoms with Gasteiger partial charge in [-0.1, -0.05) is 54.6 Å². The van der Waals surface area contributed by atoms with E-state index in [9.17, 15) is 13.2 Å². The minimum atomic E-state index is -3.49. The van der Waals surface area contributed by atoms with E-state index in [1.807, 2.05) is 56.3 Å². The third-order valence-corrected chi connectivity index (χ3v) is 6.62. The molecule has 6 heteroatoms. The number of carbonyl (C=O) groups is 1. The van der Waals surface area contributed by atoms with Crippen LogP contribution in [0.15, 0.2) is 78.9 Å². The van der Waals surface area contributed by atoms with Gasteiger partial charge in [0.25, 0.3) is 5.91 Å². The molecule has 3 aromatic carbocycles. The minimum Gasteiger partial charge on any atom is -0.350 e. The number of nitrogens with one attached hydrogen (secondary N) is 1. The van der Waals surface area contributed by atoms with Gasteiger partial charge in [0.1, 0.15) is 0 Å². The third-order valence-electron chi connectivity index (χ3n) is 5.48. The zero-order valence-corrected chi connectivity index (χ0v) is 19.6. The molecule has 0 aliphatic heterocycles. The minimum absolute atomic E-state index is 0.0240. The van der Waals surface area contributed by atoms with E-state index in [-0.39, 0.29) is 18.5 Å². The highest BCUT2D eigenvalue weighted by Crippen LogP contribution is 2.22. The second-order valence-corrected chi connectivity index (χ2v) is 10.0. The Kier molecular flexibility index (Phi) is 7.70. The van der Waals surface area contributed by atoms with E-state index in [4.69, 9.17) is 0 Å². The molecule has 0 fully saturated rings. The van der Waals surface area contributed by atoms with Crippen molar-refractivity contribution in [3.05, 3.63) is 101 Å². The Hall–Kier alpha value is -3.12. The maximum Gasteiger partial charge on any atom is 0.251 e. The summed E-state index contributed by atoms with van der Waals surface area (Å²) in [5.41, 5.74) is 4.25. The van der Waals surface area contributed by atoms with Crippen molar-refractivity contribution < 1.29 is 13.2 Å². The van der Waals surface area contributed by atoms with Crippen LogP contribution in [0.1, 0.15) is 40.4 Å². The second kappa shape index (κ2) is 10.5. The van der Waals surface area contributed by atoms with E-state index in [0.717, 1.165) is 24.0 Å². The molecule has 0 radical (unpaired) electrons. The van der Waals surface area contributed by atoms with Crippen molar-refractivity contribution in [3.63, 3.8) is 0 Å². The summed E-state index contributed by atoms with van der Waals surface area (Å²) in [7, 11) is -3.49. The molecule has 0 aliphatic carbocycles. The number of anilines is 1. The van der Waals surface area contributed by atoms with Crippen LogP contribution in [0, 0.1) is 6.92 Å². The molecule has 168 valence electrons. The van der Waals surface area contributed by atoms with Crippen LogP contribution in [0.4, 0.5) is 5.69 Å². The first kappa shape index (κ1) is 23.5. The summed E-state index contributed by atoms with van der Waals surface area (Å²) < 4.78 is 26.3. The highest BCUT2D eigenvalue weighted by atomic mass is 32.2. The molecule has 0 bridgehead atoms. The Bertz CT molecular complexity index is 1140. The van der Waals surface area contributed by atoms with Crippen LogP contribution < -0.4 is 9.62 Å². The number of hydrogen-bond acceptors (Lipinski definition) is 3. The molecular formula is C26H30N2O3S. The van der Waals surface area contributed by atoms with Crippen molar-refractivity contribution in [2.45, 2.75) is 39.3 Å². The number of carbonyl (C=O) groups excluding carboxylic acids is 1. The SMILES string of the molecule is Cc1ccccc1CN(c1ccc(C(=O)N[C@H](C)CCc2ccccc2)cc1)S(C)(=O)=O. The van der Waals surface area contributed by atoms with Gasteiger partial charge in [-0.2, -0.15) is 0 Å². The summed E-state index contributed by atoms with van der Waals surface area (Å²) >= 11 is 0. The largest absolute Gasteiger partial charge is 0.350 e. The molecule has 0 unspecified atom stereocenters. The third kappa shape index (κ3) is 6.44. The Balaban J connectivity index is 1.66. The quantitative estimate of drug-likeness (QED) is 0.513. The van der Waals surface area contributed by atoms with E-state index >= 15 is 0 Å². The van der Waals surface area contributed by atoms with E-state index in [0.29, 0.717) is 11.3 Å². The first-order chi connectivity index (χ1) is 15.2. The maximum atomic E-state index is 12.6. The lowest BCUT2D eigenvalue weighted by atomic mass is 10.1. The molecule has 0 saturated heterocycles. The number of amides is 1. The van der Waals surface area contributed by atoms with Gasteiger partial charge in [0.15, 0.2) is 0 Å². The summed E-state index contributed by atoms with van der Waals surface area (Å²) in [6.45, 7) is 4.19. The van der Waals surface area contributed by atoms with Gasteiger partial charge in [-0.3, -0.25) is 9.10 Å². The van der Waals surface area contributed by atoms with Gasteiger partial charge in [-0.15, -0.1) is 0 Å². The highest BCUT2D eigenvalue weighted by Gasteiger charge is 2.19. The fourth-order valence-electron chi connectivity index (χ4n) is 3.53. The lowest BCUT2D eigenvalue weighted by Crippen LogP contribution is -2.33. The molecular weight excluding hydrogens is 420 g/mol. The van der Waals surface area contributed by atoms with Crippen LogP contribution in [0.5, 0.6) is 0 Å². The number of hydrogen-bond donors (Lipinski definition) is 1. The Morgan fingerprint density at radius 1 is 0.938 bits per heavy atom. The normalized spacial score (nSPS) is 12.2. The molecule has 1 N–H and O–H groups in total. The van der Waals surface area contributed by atoms with Gasteiger partial charge in [0, 0.05) is 11.6 Å². The zero-order chi connectivity index (χ0) is 23.1. The number of sulfonamides is 1. The van der Waals surface area contributed by atoms with Crippen molar-refractivity contribution in [1.82, 2.24) is 5.32 Å². The van der Waals surface area contributed by atoms with Crippen LogP contribution >= 0.6 is 0 Å². The molecule has 3 rings (SSSR count). The van der Waals surface area contributed by atoms with Crippen molar-refractivity contribution in [1.29, 1.82) is 0 Å². The van der Waals surface area contributed by atoms with E-state index in [2.05, 4.69) is 17.4 Å². The van der Waals surface area contributed by atoms with E-state index < -0.39 is 10.0 Å². The summed E-state index contributed by atoms with van der Waals surface area (Å²) in [4.78, 5) is 12.6. The molecule has 0 aromatic heterocycles. The molecule has 32 heavy (non-hydrogen) atoms. The first-order valence-corrected chi connectivity index (χ1v) is 12.6. The van der Waals surface area contributed by atoms with Crippen LogP contribution in [0.25, 0.3) is 0 Å². The molecule has 1 amide bonds. The molecule has 0 spiro atoms. The van der Waals surface area contributed by atoms with Gasteiger partial charge in [0.05, 0.1) is 18.5 Å². The predicted octanol–water partition coefficient (Wildman–Crippen LogP) is 4.71. The van der Waals surface area contributed by atoms with Gasteiger partial charge < -0.3 is 5.32 Å². The molecule has 0 saturated carbocycles. The standard InChI is InChI=1S/C26H30N2O3S/c1-20-9-7-8-12-24(20)19-28(32(3,30)31)25-17-15-23(16-18-25)26(29)27-21(2)13-14-22-10-5-4-6-11-22/h4-12,15-18,21H,13-14,19H2,1-3H3,(H,27,29)/t21-/m1/s1. The first-order valence-electron chi connectivity index (χ1n) is 10.7. The maximum absolute atomic E-state index is 12.6. The van der Waals surface area contributed by atoms with Crippen molar-refractivity contribution in [3.8, 4) is 0 Å². The summed E-state index contributed by atoms with van der Waals surface area (Å²) in [6.07, 6.45) is 2.93. The van der Waals surface area contributed by atoms with Crippen molar-refractivity contribution in [2.24, 2.45) is 0 Å². The van der Waals surface area contributed by atoms with E-state index in [1.54, 1.807) is 24.3 Å². The fraction of sp³-hybridized carbons (Fsp3) is 0.269. The van der Waals surface area contributed by atoms with Crippen molar-refractivity contribution >= 4 is 21.6 Å². The van der Waals surface area contributed by atoms with Crippen LogP contribution in [0.3, 0.4) is 0 Å². The lowest BCUT2D eigenvalue weighted by molar-refractivity contribution is 0.0938. The number of nitrogens with zero attached hydrogens (tertiary/aromatic N) is 1. The molecule has 0 aliphatic rings. The summed E-state index contributed by atoms with van der Waals surface area (Å²) in [5, 5.41) is 3.02. The van der Waals surface area contributed by atoms with Gasteiger partial charge in [-0.05, 0) is 67.6 Å². The fourth-order valence-corrected chi connectivity index (χ4v) is 4.41. The van der Waals surface area contributed by atoms with Crippen LogP contribution in [0.2, 0.25) is 0 Å². The Morgan fingerprint density at radius 2 is 1.56 bits per heavy atom. The predicted molar refractivity (Wildman–Crippen MR) is 130 cm³/mol. The number of aryl methyl sites for hydroxylation is 2. The molecule has 0 heterocycles. The average molecular weight is 451 g/mol. The zero-order valence-electron chi connectivity index (χ0n) is 18.8. The van der Waals surface area contributed by atoms with Crippen LogP contribution in [-0.2, 0) is 23.0 Å². The summed E-state index contributed by atoms with van der Waals surface area (Å²) in [5.74, 6) is -0.165. The van der Waals surface area contributed by atoms with Gasteiger partial charge in [0.2, 0.25) is 10.0 Å². The average Bonchev–Trinajstić information content (AvgIpc) is 2.77. The van der Waals surface area contributed by atoms with Crippen LogP contribution in [-0.4, -0.2) is 26.6 Å². The number of rotatable bonds is 9. The smallest absolute Gasteiger partial charge is 0.251 e. The van der Waals surface area contributed by atoms with E-state index in [1.165, 1.54) is 16.1 Å². The highest BCUT2D eigenvalue weighted by molar-refractivity contribution is 7.92. The Morgan fingerprint density at radius 3 is 2.19 bits per heavy atom. The molecule has 1 atom stereocenters. The molecule has 3 aromatic rings. The second-order valence-electron chi connectivity index (χ2n) is 8.14. The number of benzene rings is 3. The summed E-state index contributed by atoms with van der Waals surface area (Å²) in [6, 6.07) is 24.6. The molecule has 5 nitrogen and oxygen atoms in total. The lowest BCUT2D eigenvalue weighted by Gasteiger charge is -2.23. The monoisotopic (exact) mass is 450 g/mol. The topological polar surface area (TPSA) is 66.5 Å². The van der Waals surface area contributed by atoms with Gasteiger partial charge >= 0.3 is 0 Å². The van der Waals surface area contributed by atoms with Gasteiger partial charge in [-0.25, -0.2) is 8.42 Å². The van der Waals surface area contributed by atoms with Crippen molar-refractivity contribution in [2.75, 3.05) is 10.6 Å².